The van der Waals surface area contributed by atoms with Crippen LogP contribution < -0.4 is 5.73 Å². The number of nitrogens with two attached hydrogens (primary N) is 1. The summed E-state index contributed by atoms with van der Waals surface area (Å²) in [5.74, 6) is -5.28. The number of furan rings is 1. The van der Waals surface area contributed by atoms with E-state index in [1.165, 1.54) is 6.07 Å². The van der Waals surface area contributed by atoms with Gasteiger partial charge < -0.3 is 35.3 Å². The molecular weight excluding hydrogens is 508 g/mol. The lowest BCUT2D eigenvalue weighted by molar-refractivity contribution is -0.144. The molecule has 0 unspecified atom stereocenters. The second-order valence-corrected chi connectivity index (χ2v) is 10.6. The highest BCUT2D eigenvalue weighted by Gasteiger charge is 2.59. The van der Waals surface area contributed by atoms with E-state index in [2.05, 4.69) is 4.90 Å². The predicted molar refractivity (Wildman–Crippen MR) is 135 cm³/mol. The number of nitrogens with zero attached hydrogens (tertiary/aromatic N) is 1. The smallest absolute Gasteiger partial charge is 0.255 e. The molecule has 2 heterocycles. The number of carbonyl (C=O) groups excluding carboxylic acids is 3. The maximum atomic E-state index is 13.7. The predicted octanol–water partition coefficient (Wildman–Crippen LogP) is 1.67. The molecule has 0 bridgehead atoms. The highest BCUT2D eigenvalue weighted by molar-refractivity contribution is 6.24. The van der Waals surface area contributed by atoms with Crippen LogP contribution >= 0.6 is 0 Å². The van der Waals surface area contributed by atoms with Crippen LogP contribution in [0.25, 0.3) is 11.3 Å². The molecule has 1 aliphatic heterocycles. The third-order valence-corrected chi connectivity index (χ3v) is 8.36. The Morgan fingerprint density at radius 2 is 1.82 bits per heavy atom. The maximum absolute atomic E-state index is 13.7. The molecule has 11 nitrogen and oxygen atoms in total. The van der Waals surface area contributed by atoms with Crippen molar-refractivity contribution in [2.75, 3.05) is 26.3 Å². The van der Waals surface area contributed by atoms with Crippen molar-refractivity contribution in [3.8, 4) is 17.1 Å². The Labute approximate surface area is 222 Å². The number of benzene rings is 1. The summed E-state index contributed by atoms with van der Waals surface area (Å²) >= 11 is 0. The number of ether oxygens (including phenoxy) is 1. The lowest BCUT2D eigenvalue weighted by atomic mass is 9.60. The number of allylic oxidation sites excluding steroid dienone is 2. The molecule has 3 atom stereocenters. The van der Waals surface area contributed by atoms with Gasteiger partial charge in [-0.3, -0.25) is 19.3 Å². The van der Waals surface area contributed by atoms with Crippen LogP contribution in [0.2, 0.25) is 0 Å². The number of ketones is 2. The van der Waals surface area contributed by atoms with Gasteiger partial charge in [-0.1, -0.05) is 0 Å². The van der Waals surface area contributed by atoms with Gasteiger partial charge in [0.15, 0.2) is 11.4 Å². The van der Waals surface area contributed by atoms with E-state index in [4.69, 9.17) is 14.9 Å². The van der Waals surface area contributed by atoms with Gasteiger partial charge in [-0.2, -0.15) is 0 Å². The van der Waals surface area contributed by atoms with E-state index < -0.39 is 52.0 Å². The Morgan fingerprint density at radius 1 is 1.08 bits per heavy atom. The number of morpholine rings is 1. The first-order chi connectivity index (χ1) is 18.6. The molecule has 1 amide bonds. The van der Waals surface area contributed by atoms with Crippen molar-refractivity contribution in [2.24, 2.45) is 17.6 Å². The zero-order valence-corrected chi connectivity index (χ0v) is 21.0. The Morgan fingerprint density at radius 3 is 2.54 bits per heavy atom. The quantitative estimate of drug-likeness (QED) is 0.360. The molecule has 2 aromatic rings. The largest absolute Gasteiger partial charge is 0.511 e. The number of carbonyl (C=O) groups is 3. The maximum Gasteiger partial charge on any atom is 0.255 e. The van der Waals surface area contributed by atoms with Crippen LogP contribution in [0.5, 0.6) is 5.75 Å². The Kier molecular flexibility index (Phi) is 5.90. The fraction of sp³-hybridized carbons (Fsp3) is 0.393. The topological polar surface area (TPSA) is 184 Å². The molecule has 1 fully saturated rings. The van der Waals surface area contributed by atoms with Crippen molar-refractivity contribution in [1.82, 2.24) is 4.90 Å². The van der Waals surface area contributed by atoms with Gasteiger partial charge in [-0.15, -0.1) is 0 Å². The molecular formula is C28H28N2O9. The molecule has 39 heavy (non-hydrogen) atoms. The number of Topliss-reactive ketones (excluding diaryl/α,β-unsaturated/α-hetero) is 2. The van der Waals surface area contributed by atoms with Gasteiger partial charge in [0.2, 0.25) is 5.78 Å². The number of hydrogen-bond acceptors (Lipinski definition) is 10. The molecule has 1 aromatic heterocycles. The second-order valence-electron chi connectivity index (χ2n) is 10.6. The third kappa shape index (κ3) is 3.80. The van der Waals surface area contributed by atoms with Crippen molar-refractivity contribution in [2.45, 2.75) is 31.4 Å². The zero-order valence-electron chi connectivity index (χ0n) is 21.0. The standard InChI is InChI=1S/C28H28N2O9/c29-27(36)23-19(32)11-14-9-13-10-17-16(20-4-1-15(39-20)12-30-5-7-38-8-6-30)2-3-18(31)22(17)24(33)21(13)25(34)28(14,37)26(23)35/h1-4,13-14,31-32,34,37H,5-12H2,(H2,29,36)/t13-,14+,28+/m1/s1. The monoisotopic (exact) mass is 536 g/mol. The van der Waals surface area contributed by atoms with E-state index in [1.54, 1.807) is 6.07 Å². The van der Waals surface area contributed by atoms with Gasteiger partial charge >= 0.3 is 0 Å². The van der Waals surface area contributed by atoms with Gasteiger partial charge in [0.1, 0.15) is 34.4 Å². The van der Waals surface area contributed by atoms with E-state index in [-0.39, 0.29) is 36.1 Å². The van der Waals surface area contributed by atoms with Crippen molar-refractivity contribution >= 4 is 17.5 Å². The van der Waals surface area contributed by atoms with E-state index in [1.807, 2.05) is 12.1 Å². The number of primary amides is 1. The van der Waals surface area contributed by atoms with Crippen molar-refractivity contribution in [3.05, 3.63) is 63.8 Å². The molecule has 0 spiro atoms. The minimum atomic E-state index is -2.59. The van der Waals surface area contributed by atoms with Crippen molar-refractivity contribution in [3.63, 3.8) is 0 Å². The summed E-state index contributed by atoms with van der Waals surface area (Å²) in [6.07, 6.45) is 0.00144. The zero-order chi connectivity index (χ0) is 27.6. The lowest BCUT2D eigenvalue weighted by Crippen LogP contribution is -2.57. The fourth-order valence-corrected chi connectivity index (χ4v) is 6.44. The summed E-state index contributed by atoms with van der Waals surface area (Å²) in [5, 5.41) is 43.5. The highest BCUT2D eigenvalue weighted by Crippen LogP contribution is 2.52. The van der Waals surface area contributed by atoms with E-state index in [9.17, 15) is 34.8 Å². The molecule has 1 aromatic carbocycles. The lowest BCUT2D eigenvalue weighted by Gasteiger charge is -2.45. The number of hydrogen-bond donors (Lipinski definition) is 5. The summed E-state index contributed by atoms with van der Waals surface area (Å²) in [4.78, 5) is 40.8. The number of aliphatic hydroxyl groups excluding tert-OH is 2. The fourth-order valence-electron chi connectivity index (χ4n) is 6.44. The Bertz CT molecular complexity index is 1480. The molecule has 6 N–H and O–H groups in total. The van der Waals surface area contributed by atoms with Crippen LogP contribution in [0, 0.1) is 11.8 Å². The highest BCUT2D eigenvalue weighted by atomic mass is 16.5. The Balaban J connectivity index is 1.39. The minimum absolute atomic E-state index is 0.0461. The molecule has 6 rings (SSSR count). The first kappa shape index (κ1) is 25.4. The molecule has 3 aliphatic carbocycles. The van der Waals surface area contributed by atoms with Gasteiger partial charge in [0, 0.05) is 36.6 Å². The van der Waals surface area contributed by atoms with Crippen LogP contribution in [0.4, 0.5) is 0 Å². The number of aliphatic hydroxyl groups is 3. The number of phenols is 1. The first-order valence-electron chi connectivity index (χ1n) is 12.8. The molecule has 4 aliphatic rings. The van der Waals surface area contributed by atoms with Gasteiger partial charge in [-0.05, 0) is 48.6 Å². The van der Waals surface area contributed by atoms with E-state index in [0.717, 1.165) is 18.8 Å². The van der Waals surface area contributed by atoms with Crippen LogP contribution in [-0.4, -0.2) is 74.7 Å². The van der Waals surface area contributed by atoms with Crippen molar-refractivity contribution in [1.29, 1.82) is 0 Å². The van der Waals surface area contributed by atoms with Crippen LogP contribution in [0.1, 0.15) is 34.5 Å². The summed E-state index contributed by atoms with van der Waals surface area (Å²) in [7, 11) is 0. The van der Waals surface area contributed by atoms with Gasteiger partial charge in [0.25, 0.3) is 5.91 Å². The SMILES string of the molecule is NC(=O)C1=C(O)C[C@@H]2C[C@@H]3Cc4c(-c5ccc(CN6CCOCC6)o5)ccc(O)c4C(=O)C3=C(O)[C@]2(O)C1=O. The van der Waals surface area contributed by atoms with Crippen LogP contribution in [0.3, 0.4) is 0 Å². The average molecular weight is 537 g/mol. The number of amides is 1. The number of rotatable bonds is 4. The van der Waals surface area contributed by atoms with E-state index in [0.29, 0.717) is 36.6 Å². The average Bonchev–Trinajstić information content (AvgIpc) is 3.34. The summed E-state index contributed by atoms with van der Waals surface area (Å²) in [6, 6.07) is 6.71. The molecule has 1 saturated heterocycles. The summed E-state index contributed by atoms with van der Waals surface area (Å²) < 4.78 is 11.5. The van der Waals surface area contributed by atoms with Crippen LogP contribution in [0.15, 0.2) is 51.3 Å². The van der Waals surface area contributed by atoms with Crippen LogP contribution in [-0.2, 0) is 27.3 Å². The minimum Gasteiger partial charge on any atom is -0.511 e. The third-order valence-electron chi connectivity index (χ3n) is 8.36. The number of phenolic OH excluding ortho intramolecular Hbond substituents is 1. The molecule has 11 heteroatoms. The summed E-state index contributed by atoms with van der Waals surface area (Å²) in [5.41, 5.74) is 2.76. The molecule has 0 radical (unpaired) electrons. The summed E-state index contributed by atoms with van der Waals surface area (Å²) in [6.45, 7) is 3.50. The van der Waals surface area contributed by atoms with Gasteiger partial charge in [0.05, 0.1) is 25.3 Å². The molecule has 204 valence electrons. The number of fused-ring (bicyclic) bond motifs is 3. The second kappa shape index (κ2) is 9.08. The number of aromatic hydroxyl groups is 1. The Hall–Kier alpha value is -3.93. The molecule has 0 saturated carbocycles. The van der Waals surface area contributed by atoms with Crippen molar-refractivity contribution < 1.29 is 44.0 Å². The first-order valence-corrected chi connectivity index (χ1v) is 12.8. The van der Waals surface area contributed by atoms with E-state index >= 15 is 0 Å². The normalized spacial score (nSPS) is 27.3. The van der Waals surface area contributed by atoms with Gasteiger partial charge in [-0.25, -0.2) is 0 Å².